The van der Waals surface area contributed by atoms with E-state index in [1.165, 1.54) is 0 Å². The van der Waals surface area contributed by atoms with Gasteiger partial charge in [0.25, 0.3) is 0 Å². The normalized spacial score (nSPS) is 15.2. The summed E-state index contributed by atoms with van der Waals surface area (Å²) in [6.45, 7) is 5.79. The second-order valence-electron chi connectivity index (χ2n) is 4.18. The molecule has 0 aliphatic heterocycles. The smallest absolute Gasteiger partial charge is 0.0910 e. The lowest BCUT2D eigenvalue weighted by Crippen LogP contribution is -2.27. The van der Waals surface area contributed by atoms with E-state index in [0.717, 1.165) is 25.1 Å². The van der Waals surface area contributed by atoms with E-state index >= 15 is 0 Å². The quantitative estimate of drug-likeness (QED) is 0.691. The standard InChI is InChI=1S/C11H21N3O/c1-4-6-12-7-5-11(2,15)10-8-13-14(3)9-10/h8-9,12,15H,4-7H2,1-3H3. The summed E-state index contributed by atoms with van der Waals surface area (Å²) in [4.78, 5) is 0. The summed E-state index contributed by atoms with van der Waals surface area (Å²) >= 11 is 0. The molecule has 1 heterocycles. The second kappa shape index (κ2) is 5.28. The summed E-state index contributed by atoms with van der Waals surface area (Å²) in [6, 6.07) is 0. The van der Waals surface area contributed by atoms with Crippen molar-refractivity contribution < 1.29 is 5.11 Å². The van der Waals surface area contributed by atoms with Crippen LogP contribution < -0.4 is 5.32 Å². The van der Waals surface area contributed by atoms with Gasteiger partial charge in [0.1, 0.15) is 0 Å². The van der Waals surface area contributed by atoms with E-state index in [2.05, 4.69) is 17.3 Å². The first-order valence-corrected chi connectivity index (χ1v) is 5.48. The van der Waals surface area contributed by atoms with Crippen molar-refractivity contribution in [2.75, 3.05) is 13.1 Å². The number of hydrogen-bond acceptors (Lipinski definition) is 3. The first-order valence-electron chi connectivity index (χ1n) is 5.48. The SMILES string of the molecule is CCCNCCC(C)(O)c1cnn(C)c1. The van der Waals surface area contributed by atoms with Gasteiger partial charge in [-0.15, -0.1) is 0 Å². The molecule has 0 fully saturated rings. The number of hydrogen-bond donors (Lipinski definition) is 2. The minimum absolute atomic E-state index is 0.707. The summed E-state index contributed by atoms with van der Waals surface area (Å²) in [5.41, 5.74) is 0.0953. The van der Waals surface area contributed by atoms with Gasteiger partial charge in [-0.25, -0.2) is 0 Å². The fourth-order valence-electron chi connectivity index (χ4n) is 1.48. The van der Waals surface area contributed by atoms with E-state index in [1.54, 1.807) is 10.9 Å². The zero-order chi connectivity index (χ0) is 11.3. The van der Waals surface area contributed by atoms with Crippen LogP contribution in [0.2, 0.25) is 0 Å². The average Bonchev–Trinajstić information content (AvgIpc) is 2.60. The van der Waals surface area contributed by atoms with Gasteiger partial charge in [-0.05, 0) is 32.9 Å². The molecule has 0 aliphatic rings. The highest BCUT2D eigenvalue weighted by Crippen LogP contribution is 2.22. The van der Waals surface area contributed by atoms with Crippen molar-refractivity contribution in [2.45, 2.75) is 32.3 Å². The maximum absolute atomic E-state index is 10.2. The highest BCUT2D eigenvalue weighted by Gasteiger charge is 2.23. The van der Waals surface area contributed by atoms with Crippen molar-refractivity contribution >= 4 is 0 Å². The first-order chi connectivity index (χ1) is 7.06. The third-order valence-corrected chi connectivity index (χ3v) is 2.54. The Hall–Kier alpha value is -0.870. The van der Waals surface area contributed by atoms with Crippen LogP contribution in [0.15, 0.2) is 12.4 Å². The lowest BCUT2D eigenvalue weighted by atomic mass is 9.95. The zero-order valence-corrected chi connectivity index (χ0v) is 9.82. The van der Waals surface area contributed by atoms with Crippen molar-refractivity contribution in [1.29, 1.82) is 0 Å². The fraction of sp³-hybridized carbons (Fsp3) is 0.727. The van der Waals surface area contributed by atoms with E-state index in [-0.39, 0.29) is 0 Å². The molecular formula is C11H21N3O. The van der Waals surface area contributed by atoms with Gasteiger partial charge < -0.3 is 10.4 Å². The fourth-order valence-corrected chi connectivity index (χ4v) is 1.48. The van der Waals surface area contributed by atoms with Gasteiger partial charge >= 0.3 is 0 Å². The molecule has 4 nitrogen and oxygen atoms in total. The van der Waals surface area contributed by atoms with Gasteiger partial charge in [-0.1, -0.05) is 6.92 Å². The topological polar surface area (TPSA) is 50.1 Å². The monoisotopic (exact) mass is 211 g/mol. The van der Waals surface area contributed by atoms with Crippen LogP contribution in [0.3, 0.4) is 0 Å². The predicted molar refractivity (Wildman–Crippen MR) is 60.6 cm³/mol. The molecule has 2 N–H and O–H groups in total. The Bertz CT molecular complexity index is 294. The third-order valence-electron chi connectivity index (χ3n) is 2.54. The van der Waals surface area contributed by atoms with Crippen molar-refractivity contribution in [1.82, 2.24) is 15.1 Å². The van der Waals surface area contributed by atoms with Crippen LogP contribution in [-0.2, 0) is 12.6 Å². The molecule has 1 atom stereocenters. The van der Waals surface area contributed by atoms with Crippen molar-refractivity contribution in [3.05, 3.63) is 18.0 Å². The molecule has 15 heavy (non-hydrogen) atoms. The third kappa shape index (κ3) is 3.64. The van der Waals surface area contributed by atoms with Gasteiger partial charge in [0.15, 0.2) is 0 Å². The summed E-state index contributed by atoms with van der Waals surface area (Å²) < 4.78 is 1.71. The average molecular weight is 211 g/mol. The molecule has 0 amide bonds. The number of aromatic nitrogens is 2. The maximum atomic E-state index is 10.2. The van der Waals surface area contributed by atoms with E-state index in [4.69, 9.17) is 0 Å². The van der Waals surface area contributed by atoms with Gasteiger partial charge in [-0.2, -0.15) is 5.10 Å². The predicted octanol–water partition coefficient (Wildman–Crippen LogP) is 1.02. The molecule has 0 bridgehead atoms. The van der Waals surface area contributed by atoms with Crippen LogP contribution >= 0.6 is 0 Å². The summed E-state index contributed by atoms with van der Waals surface area (Å²) in [5.74, 6) is 0. The summed E-state index contributed by atoms with van der Waals surface area (Å²) in [5, 5.41) is 17.5. The molecule has 0 radical (unpaired) electrons. The Morgan fingerprint density at radius 3 is 2.80 bits per heavy atom. The summed E-state index contributed by atoms with van der Waals surface area (Å²) in [6.07, 6.45) is 5.41. The van der Waals surface area contributed by atoms with Crippen LogP contribution in [-0.4, -0.2) is 28.0 Å². The Balaban J connectivity index is 2.44. The van der Waals surface area contributed by atoms with Crippen LogP contribution in [0.1, 0.15) is 32.3 Å². The number of nitrogens with one attached hydrogen (secondary N) is 1. The Labute approximate surface area is 91.3 Å². The van der Waals surface area contributed by atoms with E-state index < -0.39 is 5.60 Å². The Morgan fingerprint density at radius 1 is 1.53 bits per heavy atom. The highest BCUT2D eigenvalue weighted by atomic mass is 16.3. The minimum Gasteiger partial charge on any atom is -0.385 e. The summed E-state index contributed by atoms with van der Waals surface area (Å²) in [7, 11) is 1.86. The Kier molecular flexibility index (Phi) is 4.29. The van der Waals surface area contributed by atoms with Gasteiger partial charge in [-0.3, -0.25) is 4.68 Å². The molecule has 86 valence electrons. The largest absolute Gasteiger partial charge is 0.385 e. The lowest BCUT2D eigenvalue weighted by Gasteiger charge is -2.21. The first kappa shape index (κ1) is 12.2. The highest BCUT2D eigenvalue weighted by molar-refractivity contribution is 5.13. The molecule has 1 aromatic heterocycles. The molecule has 1 unspecified atom stereocenters. The second-order valence-corrected chi connectivity index (χ2v) is 4.18. The maximum Gasteiger partial charge on any atom is 0.0910 e. The lowest BCUT2D eigenvalue weighted by molar-refractivity contribution is 0.0480. The van der Waals surface area contributed by atoms with Gasteiger partial charge in [0.2, 0.25) is 0 Å². The molecule has 0 saturated carbocycles. The van der Waals surface area contributed by atoms with Crippen LogP contribution in [0.4, 0.5) is 0 Å². The van der Waals surface area contributed by atoms with Gasteiger partial charge in [0, 0.05) is 18.8 Å². The number of rotatable bonds is 6. The molecule has 0 aromatic carbocycles. The number of aliphatic hydroxyl groups is 1. The minimum atomic E-state index is -0.783. The number of nitrogens with zero attached hydrogens (tertiary/aromatic N) is 2. The van der Waals surface area contributed by atoms with Crippen molar-refractivity contribution in [3.8, 4) is 0 Å². The van der Waals surface area contributed by atoms with E-state index in [0.29, 0.717) is 6.42 Å². The van der Waals surface area contributed by atoms with Crippen LogP contribution in [0, 0.1) is 0 Å². The van der Waals surface area contributed by atoms with Gasteiger partial charge in [0.05, 0.1) is 11.8 Å². The van der Waals surface area contributed by atoms with Crippen molar-refractivity contribution in [2.24, 2.45) is 7.05 Å². The van der Waals surface area contributed by atoms with E-state index in [1.807, 2.05) is 20.2 Å². The van der Waals surface area contributed by atoms with Crippen LogP contribution in [0.5, 0.6) is 0 Å². The zero-order valence-electron chi connectivity index (χ0n) is 9.82. The van der Waals surface area contributed by atoms with E-state index in [9.17, 15) is 5.11 Å². The van der Waals surface area contributed by atoms with Crippen LogP contribution in [0.25, 0.3) is 0 Å². The molecule has 4 heteroatoms. The molecule has 0 spiro atoms. The Morgan fingerprint density at radius 2 is 2.27 bits per heavy atom. The number of aryl methyl sites for hydroxylation is 1. The van der Waals surface area contributed by atoms with Crippen molar-refractivity contribution in [3.63, 3.8) is 0 Å². The molecule has 1 aromatic rings. The molecular weight excluding hydrogens is 190 g/mol. The molecule has 0 saturated heterocycles. The molecule has 0 aliphatic carbocycles. The molecule has 1 rings (SSSR count).